The Morgan fingerprint density at radius 2 is 1.92 bits per heavy atom. The Kier molecular flexibility index (Phi) is 4.98. The summed E-state index contributed by atoms with van der Waals surface area (Å²) in [5, 5.41) is 3.04. The number of aromatic nitrogens is 2. The highest BCUT2D eigenvalue weighted by atomic mass is 16.2. The van der Waals surface area contributed by atoms with Crippen molar-refractivity contribution in [2.45, 2.75) is 33.4 Å². The van der Waals surface area contributed by atoms with Gasteiger partial charge in [0, 0.05) is 24.5 Å². The molecule has 0 saturated carbocycles. The van der Waals surface area contributed by atoms with Gasteiger partial charge in [-0.2, -0.15) is 0 Å². The van der Waals surface area contributed by atoms with Crippen molar-refractivity contribution in [3.05, 3.63) is 77.9 Å². The number of aryl methyl sites for hydroxylation is 2. The normalized spacial score (nSPS) is 12.0. The summed E-state index contributed by atoms with van der Waals surface area (Å²) in [6.07, 6.45) is 3.77. The minimum atomic E-state index is -0.142. The molecule has 0 unspecified atom stereocenters. The van der Waals surface area contributed by atoms with Gasteiger partial charge in [0.15, 0.2) is 0 Å². The minimum Gasteiger partial charge on any atom is -0.343 e. The average molecular weight is 333 g/mol. The standard InChI is InChI=1S/C21H23N3O/c1-4-24-14-18(17-10-8-15(2)9-11-17)13-20(24)21(25)23-16(3)19-7-5-6-12-22-19/h5-14,16H,4H2,1-3H3,(H,23,25)/t16-/m0/s1. The summed E-state index contributed by atoms with van der Waals surface area (Å²) in [6.45, 7) is 6.80. The predicted molar refractivity (Wildman–Crippen MR) is 100 cm³/mol. The van der Waals surface area contributed by atoms with Gasteiger partial charge in [-0.1, -0.05) is 35.9 Å². The second-order valence-corrected chi connectivity index (χ2v) is 6.22. The van der Waals surface area contributed by atoms with Gasteiger partial charge in [-0.05, 0) is 44.5 Å². The SMILES string of the molecule is CCn1cc(-c2ccc(C)cc2)cc1C(=O)N[C@@H](C)c1ccccn1. The zero-order valence-electron chi connectivity index (χ0n) is 14.9. The Morgan fingerprint density at radius 1 is 1.16 bits per heavy atom. The number of pyridine rings is 1. The zero-order chi connectivity index (χ0) is 17.8. The summed E-state index contributed by atoms with van der Waals surface area (Å²) in [6, 6.07) is 15.9. The van der Waals surface area contributed by atoms with Crippen LogP contribution in [0.3, 0.4) is 0 Å². The fraction of sp³-hybridized carbons (Fsp3) is 0.238. The van der Waals surface area contributed by atoms with Crippen molar-refractivity contribution in [1.82, 2.24) is 14.9 Å². The summed E-state index contributed by atoms with van der Waals surface area (Å²) in [4.78, 5) is 17.1. The number of carbonyl (C=O) groups excluding carboxylic acids is 1. The van der Waals surface area contributed by atoms with Crippen molar-refractivity contribution in [2.75, 3.05) is 0 Å². The molecule has 0 fully saturated rings. The van der Waals surface area contributed by atoms with Crippen LogP contribution in [0.5, 0.6) is 0 Å². The van der Waals surface area contributed by atoms with Crippen LogP contribution in [0.15, 0.2) is 60.9 Å². The molecule has 1 aromatic carbocycles. The first kappa shape index (κ1) is 17.0. The lowest BCUT2D eigenvalue weighted by molar-refractivity contribution is 0.0930. The Morgan fingerprint density at radius 3 is 2.56 bits per heavy atom. The summed E-state index contributed by atoms with van der Waals surface area (Å²) < 4.78 is 1.98. The second-order valence-electron chi connectivity index (χ2n) is 6.22. The van der Waals surface area contributed by atoms with Gasteiger partial charge in [-0.15, -0.1) is 0 Å². The first-order valence-corrected chi connectivity index (χ1v) is 8.57. The van der Waals surface area contributed by atoms with Gasteiger partial charge in [0.25, 0.3) is 5.91 Å². The van der Waals surface area contributed by atoms with Crippen molar-refractivity contribution >= 4 is 5.91 Å². The third-order valence-electron chi connectivity index (χ3n) is 4.33. The van der Waals surface area contributed by atoms with Crippen LogP contribution < -0.4 is 5.32 Å². The Balaban J connectivity index is 1.83. The third kappa shape index (κ3) is 3.79. The molecule has 0 radical (unpaired) electrons. The van der Waals surface area contributed by atoms with Crippen molar-refractivity contribution in [3.8, 4) is 11.1 Å². The van der Waals surface area contributed by atoms with Gasteiger partial charge < -0.3 is 9.88 Å². The molecule has 128 valence electrons. The number of nitrogens with zero attached hydrogens (tertiary/aromatic N) is 2. The Bertz CT molecular complexity index is 851. The highest BCUT2D eigenvalue weighted by Crippen LogP contribution is 2.23. The van der Waals surface area contributed by atoms with E-state index >= 15 is 0 Å². The van der Waals surface area contributed by atoms with Crippen LogP contribution in [0.25, 0.3) is 11.1 Å². The van der Waals surface area contributed by atoms with Crippen molar-refractivity contribution < 1.29 is 4.79 Å². The van der Waals surface area contributed by atoms with Crippen LogP contribution in [-0.4, -0.2) is 15.5 Å². The molecule has 2 heterocycles. The number of carbonyl (C=O) groups is 1. The van der Waals surface area contributed by atoms with Crippen LogP contribution in [0.4, 0.5) is 0 Å². The maximum absolute atomic E-state index is 12.7. The summed E-state index contributed by atoms with van der Waals surface area (Å²) in [7, 11) is 0. The van der Waals surface area contributed by atoms with Gasteiger partial charge in [-0.3, -0.25) is 9.78 Å². The molecule has 4 nitrogen and oxygen atoms in total. The molecule has 3 rings (SSSR count). The van der Waals surface area contributed by atoms with Crippen molar-refractivity contribution in [1.29, 1.82) is 0 Å². The van der Waals surface area contributed by atoms with E-state index in [2.05, 4.69) is 41.5 Å². The Labute approximate surface area is 148 Å². The molecule has 4 heteroatoms. The van der Waals surface area contributed by atoms with E-state index in [0.29, 0.717) is 5.69 Å². The molecule has 25 heavy (non-hydrogen) atoms. The number of rotatable bonds is 5. The van der Waals surface area contributed by atoms with E-state index in [-0.39, 0.29) is 11.9 Å². The third-order valence-corrected chi connectivity index (χ3v) is 4.33. The number of amides is 1. The summed E-state index contributed by atoms with van der Waals surface area (Å²) >= 11 is 0. The van der Waals surface area contributed by atoms with Gasteiger partial charge in [0.2, 0.25) is 0 Å². The van der Waals surface area contributed by atoms with Gasteiger partial charge in [0.1, 0.15) is 5.69 Å². The van der Waals surface area contributed by atoms with E-state index in [4.69, 9.17) is 0 Å². The first-order valence-electron chi connectivity index (χ1n) is 8.57. The van der Waals surface area contributed by atoms with Gasteiger partial charge >= 0.3 is 0 Å². The lowest BCUT2D eigenvalue weighted by atomic mass is 10.1. The smallest absolute Gasteiger partial charge is 0.268 e. The molecule has 2 aromatic heterocycles. The highest BCUT2D eigenvalue weighted by Gasteiger charge is 2.17. The van der Waals surface area contributed by atoms with E-state index in [1.807, 2.05) is 48.9 Å². The van der Waals surface area contributed by atoms with Crippen LogP contribution in [0.2, 0.25) is 0 Å². The van der Waals surface area contributed by atoms with Crippen LogP contribution in [-0.2, 0) is 6.54 Å². The molecule has 0 aliphatic carbocycles. The molecule has 0 aliphatic rings. The van der Waals surface area contributed by atoms with Crippen LogP contribution >= 0.6 is 0 Å². The molecule has 0 spiro atoms. The fourth-order valence-corrected chi connectivity index (χ4v) is 2.84. The molecular weight excluding hydrogens is 310 g/mol. The summed E-state index contributed by atoms with van der Waals surface area (Å²) in [5.41, 5.74) is 4.91. The lowest BCUT2D eigenvalue weighted by Gasteiger charge is -2.14. The van der Waals surface area contributed by atoms with Crippen LogP contribution in [0.1, 0.15) is 41.6 Å². The molecule has 1 amide bonds. The molecular formula is C21H23N3O. The topological polar surface area (TPSA) is 46.9 Å². The van der Waals surface area contributed by atoms with Crippen molar-refractivity contribution in [3.63, 3.8) is 0 Å². The quantitative estimate of drug-likeness (QED) is 0.753. The first-order chi connectivity index (χ1) is 12.1. The van der Waals surface area contributed by atoms with Gasteiger partial charge in [-0.25, -0.2) is 0 Å². The lowest BCUT2D eigenvalue weighted by Crippen LogP contribution is -2.28. The van der Waals surface area contributed by atoms with E-state index in [0.717, 1.165) is 23.4 Å². The van der Waals surface area contributed by atoms with Crippen LogP contribution in [0, 0.1) is 6.92 Å². The molecule has 0 bridgehead atoms. The molecule has 0 saturated heterocycles. The fourth-order valence-electron chi connectivity index (χ4n) is 2.84. The maximum Gasteiger partial charge on any atom is 0.268 e. The van der Waals surface area contributed by atoms with E-state index in [1.165, 1.54) is 5.56 Å². The zero-order valence-corrected chi connectivity index (χ0v) is 14.9. The van der Waals surface area contributed by atoms with Gasteiger partial charge in [0.05, 0.1) is 11.7 Å². The molecule has 0 aliphatic heterocycles. The average Bonchev–Trinajstić information content (AvgIpc) is 3.07. The minimum absolute atomic E-state index is 0.0848. The van der Waals surface area contributed by atoms with E-state index < -0.39 is 0 Å². The molecule has 1 N–H and O–H groups in total. The largest absolute Gasteiger partial charge is 0.343 e. The summed E-state index contributed by atoms with van der Waals surface area (Å²) in [5.74, 6) is -0.0848. The number of hydrogen-bond donors (Lipinski definition) is 1. The highest BCUT2D eigenvalue weighted by molar-refractivity contribution is 5.94. The van der Waals surface area contributed by atoms with E-state index in [9.17, 15) is 4.79 Å². The molecule has 3 aromatic rings. The Hall–Kier alpha value is -2.88. The monoisotopic (exact) mass is 333 g/mol. The van der Waals surface area contributed by atoms with Crippen molar-refractivity contribution in [2.24, 2.45) is 0 Å². The maximum atomic E-state index is 12.7. The number of hydrogen-bond acceptors (Lipinski definition) is 2. The number of benzene rings is 1. The second kappa shape index (κ2) is 7.34. The van der Waals surface area contributed by atoms with E-state index in [1.54, 1.807) is 6.20 Å². The number of nitrogens with one attached hydrogen (secondary N) is 1. The molecule has 1 atom stereocenters. The predicted octanol–water partition coefficient (Wildman–Crippen LogP) is 4.37.